The molecule has 0 aliphatic heterocycles. The van der Waals surface area contributed by atoms with Gasteiger partial charge in [-0.3, -0.25) is 9.79 Å². The molecule has 0 aromatic heterocycles. The lowest BCUT2D eigenvalue weighted by atomic mass is 9.84. The van der Waals surface area contributed by atoms with Crippen LogP contribution in [0.4, 0.5) is 0 Å². The van der Waals surface area contributed by atoms with Gasteiger partial charge in [0, 0.05) is 45.2 Å². The average molecular weight is 449 g/mol. The molecule has 0 saturated heterocycles. The van der Waals surface area contributed by atoms with E-state index in [1.54, 1.807) is 26.0 Å². The number of nitrogens with one attached hydrogen (secondary N) is 2. The number of guanidine groups is 1. The Labute approximate surface area is 189 Å². The number of amides is 1. The molecule has 0 bridgehead atoms. The lowest BCUT2D eigenvalue weighted by molar-refractivity contribution is 0.0827. The van der Waals surface area contributed by atoms with Gasteiger partial charge in [-0.2, -0.15) is 0 Å². The van der Waals surface area contributed by atoms with Crippen molar-refractivity contribution in [3.05, 3.63) is 69.2 Å². The second kappa shape index (κ2) is 10.7. The van der Waals surface area contributed by atoms with Crippen molar-refractivity contribution < 1.29 is 4.79 Å². The standard InChI is InChI=1S/C23H30Cl2N4O/c1-23(2,18-9-10-19(24)20(25)14-18)15-28-22(26-3)27-12-11-16-7-6-8-17(13-16)21(30)29(4)5/h6-10,13-14H,11-12,15H2,1-5H3,(H2,26,27,28). The van der Waals surface area contributed by atoms with Crippen LogP contribution in [0.25, 0.3) is 0 Å². The van der Waals surface area contributed by atoms with Crippen molar-refractivity contribution in [1.29, 1.82) is 0 Å². The van der Waals surface area contributed by atoms with Crippen LogP contribution in [0.2, 0.25) is 10.0 Å². The van der Waals surface area contributed by atoms with Crippen molar-refractivity contribution in [3.8, 4) is 0 Å². The first-order valence-corrected chi connectivity index (χ1v) is 10.6. The first kappa shape index (κ1) is 24.0. The Bertz CT molecular complexity index is 910. The molecule has 0 atom stereocenters. The predicted molar refractivity (Wildman–Crippen MR) is 127 cm³/mol. The normalized spacial score (nSPS) is 11.9. The summed E-state index contributed by atoms with van der Waals surface area (Å²) in [6.07, 6.45) is 0.783. The van der Waals surface area contributed by atoms with Gasteiger partial charge in [0.2, 0.25) is 0 Å². The first-order chi connectivity index (χ1) is 14.1. The second-order valence-corrected chi connectivity index (χ2v) is 8.83. The smallest absolute Gasteiger partial charge is 0.253 e. The highest BCUT2D eigenvalue weighted by Crippen LogP contribution is 2.29. The number of halogens is 2. The van der Waals surface area contributed by atoms with Gasteiger partial charge in [-0.15, -0.1) is 0 Å². The lowest BCUT2D eigenvalue weighted by Gasteiger charge is -2.27. The van der Waals surface area contributed by atoms with Crippen LogP contribution in [0.3, 0.4) is 0 Å². The fourth-order valence-electron chi connectivity index (χ4n) is 2.99. The number of hydrogen-bond acceptors (Lipinski definition) is 2. The van der Waals surface area contributed by atoms with E-state index in [0.717, 1.165) is 23.5 Å². The summed E-state index contributed by atoms with van der Waals surface area (Å²) in [5.41, 5.74) is 2.74. The predicted octanol–water partition coefficient (Wildman–Crippen LogP) is 4.38. The molecule has 0 saturated carbocycles. The van der Waals surface area contributed by atoms with Gasteiger partial charge < -0.3 is 15.5 Å². The molecule has 30 heavy (non-hydrogen) atoms. The van der Waals surface area contributed by atoms with E-state index in [4.69, 9.17) is 23.2 Å². The fourth-order valence-corrected chi connectivity index (χ4v) is 3.29. The molecule has 0 fully saturated rings. The zero-order valence-corrected chi connectivity index (χ0v) is 19.7. The van der Waals surface area contributed by atoms with Gasteiger partial charge in [-0.05, 0) is 41.8 Å². The van der Waals surface area contributed by atoms with E-state index in [0.29, 0.717) is 28.7 Å². The monoisotopic (exact) mass is 448 g/mol. The molecule has 0 aliphatic rings. The van der Waals surface area contributed by atoms with E-state index < -0.39 is 0 Å². The van der Waals surface area contributed by atoms with Crippen LogP contribution in [0.15, 0.2) is 47.5 Å². The Kier molecular flexibility index (Phi) is 8.56. The third kappa shape index (κ3) is 6.64. The number of hydrogen-bond donors (Lipinski definition) is 2. The summed E-state index contributed by atoms with van der Waals surface area (Å²) in [5, 5.41) is 7.81. The fraction of sp³-hybridized carbons (Fsp3) is 0.391. The highest BCUT2D eigenvalue weighted by molar-refractivity contribution is 6.42. The molecule has 7 heteroatoms. The molecule has 0 heterocycles. The van der Waals surface area contributed by atoms with Crippen LogP contribution in [-0.2, 0) is 11.8 Å². The summed E-state index contributed by atoms with van der Waals surface area (Å²) < 4.78 is 0. The lowest BCUT2D eigenvalue weighted by Crippen LogP contribution is -2.44. The summed E-state index contributed by atoms with van der Waals surface area (Å²) in [6, 6.07) is 13.4. The number of rotatable bonds is 7. The minimum atomic E-state index is -0.160. The van der Waals surface area contributed by atoms with Crippen LogP contribution in [0.1, 0.15) is 35.3 Å². The number of carbonyl (C=O) groups is 1. The SMILES string of the molecule is CN=C(NCCc1cccc(C(=O)N(C)C)c1)NCC(C)(C)c1ccc(Cl)c(Cl)c1. The van der Waals surface area contributed by atoms with Crippen molar-refractivity contribution >= 4 is 35.1 Å². The highest BCUT2D eigenvalue weighted by atomic mass is 35.5. The molecule has 2 N–H and O–H groups in total. The Hall–Kier alpha value is -2.24. The van der Waals surface area contributed by atoms with Crippen molar-refractivity contribution in [3.63, 3.8) is 0 Å². The zero-order valence-electron chi connectivity index (χ0n) is 18.2. The van der Waals surface area contributed by atoms with Crippen LogP contribution in [-0.4, -0.2) is 51.0 Å². The van der Waals surface area contributed by atoms with E-state index in [1.807, 2.05) is 42.5 Å². The first-order valence-electron chi connectivity index (χ1n) is 9.84. The van der Waals surface area contributed by atoms with Gasteiger partial charge in [0.1, 0.15) is 0 Å². The van der Waals surface area contributed by atoms with Crippen LogP contribution in [0.5, 0.6) is 0 Å². The molecule has 0 radical (unpaired) electrons. The van der Waals surface area contributed by atoms with Crippen molar-refractivity contribution in [2.45, 2.75) is 25.7 Å². The van der Waals surface area contributed by atoms with Gasteiger partial charge in [0.25, 0.3) is 5.91 Å². The van der Waals surface area contributed by atoms with Crippen LogP contribution >= 0.6 is 23.2 Å². The zero-order chi connectivity index (χ0) is 22.3. The summed E-state index contributed by atoms with van der Waals surface area (Å²) in [6.45, 7) is 5.66. The van der Waals surface area contributed by atoms with Gasteiger partial charge in [0.05, 0.1) is 10.0 Å². The quantitative estimate of drug-likeness (QED) is 0.487. The maximum absolute atomic E-state index is 12.1. The van der Waals surface area contributed by atoms with Gasteiger partial charge >= 0.3 is 0 Å². The average Bonchev–Trinajstić information content (AvgIpc) is 2.72. The summed E-state index contributed by atoms with van der Waals surface area (Å²) in [5.74, 6) is 0.732. The number of carbonyl (C=O) groups excluding carboxylic acids is 1. The summed E-state index contributed by atoms with van der Waals surface area (Å²) in [7, 11) is 5.26. The molecular formula is C23H30Cl2N4O. The van der Waals surface area contributed by atoms with E-state index in [2.05, 4.69) is 29.5 Å². The molecule has 1 amide bonds. The number of nitrogens with zero attached hydrogens (tertiary/aromatic N) is 2. The second-order valence-electron chi connectivity index (χ2n) is 8.02. The molecule has 162 valence electrons. The Balaban J connectivity index is 1.90. The van der Waals surface area contributed by atoms with E-state index in [9.17, 15) is 4.79 Å². The van der Waals surface area contributed by atoms with Gasteiger partial charge in [-0.1, -0.05) is 55.2 Å². The molecule has 2 rings (SSSR count). The van der Waals surface area contributed by atoms with E-state index >= 15 is 0 Å². The van der Waals surface area contributed by atoms with Gasteiger partial charge in [0.15, 0.2) is 5.96 Å². The number of benzene rings is 2. The third-order valence-electron chi connectivity index (χ3n) is 4.91. The Morgan fingerprint density at radius 1 is 1.07 bits per heavy atom. The molecule has 2 aromatic carbocycles. The molecule has 5 nitrogen and oxygen atoms in total. The molecule has 0 aliphatic carbocycles. The molecule has 0 spiro atoms. The minimum Gasteiger partial charge on any atom is -0.356 e. The minimum absolute atomic E-state index is 0.00631. The highest BCUT2D eigenvalue weighted by Gasteiger charge is 2.22. The summed E-state index contributed by atoms with van der Waals surface area (Å²) in [4.78, 5) is 18.0. The molecule has 0 unspecified atom stereocenters. The van der Waals surface area contributed by atoms with Crippen LogP contribution in [0, 0.1) is 0 Å². The Morgan fingerprint density at radius 3 is 2.43 bits per heavy atom. The maximum atomic E-state index is 12.1. The van der Waals surface area contributed by atoms with Gasteiger partial charge in [-0.25, -0.2) is 0 Å². The molecule has 2 aromatic rings. The van der Waals surface area contributed by atoms with E-state index in [-0.39, 0.29) is 11.3 Å². The number of aliphatic imine (C=N–C) groups is 1. The summed E-state index contributed by atoms with van der Waals surface area (Å²) >= 11 is 12.2. The topological polar surface area (TPSA) is 56.7 Å². The van der Waals surface area contributed by atoms with Crippen molar-refractivity contribution in [2.75, 3.05) is 34.2 Å². The Morgan fingerprint density at radius 2 is 1.80 bits per heavy atom. The van der Waals surface area contributed by atoms with Crippen molar-refractivity contribution in [1.82, 2.24) is 15.5 Å². The molecular weight excluding hydrogens is 419 g/mol. The van der Waals surface area contributed by atoms with Crippen molar-refractivity contribution in [2.24, 2.45) is 4.99 Å². The third-order valence-corrected chi connectivity index (χ3v) is 5.65. The van der Waals surface area contributed by atoms with Crippen LogP contribution < -0.4 is 10.6 Å². The largest absolute Gasteiger partial charge is 0.356 e. The van der Waals surface area contributed by atoms with E-state index in [1.165, 1.54) is 0 Å². The maximum Gasteiger partial charge on any atom is 0.253 e.